The van der Waals surface area contributed by atoms with Gasteiger partial charge in [-0.1, -0.05) is 18.2 Å². The molecule has 1 N–H and O–H groups in total. The topological polar surface area (TPSA) is 47.6 Å². The van der Waals surface area contributed by atoms with Crippen molar-refractivity contribution in [2.45, 2.75) is 30.5 Å². The molecule has 0 spiro atoms. The molecule has 0 heterocycles. The number of carbonyl (C=O) groups excluding carboxylic acids is 1. The number of hydrogen-bond donors (Lipinski definition) is 1. The van der Waals surface area contributed by atoms with Crippen molar-refractivity contribution in [3.8, 4) is 11.5 Å². The van der Waals surface area contributed by atoms with E-state index in [0.717, 1.165) is 22.0 Å². The minimum absolute atomic E-state index is 0.00196. The molecule has 0 saturated heterocycles. The Morgan fingerprint density at radius 2 is 1.88 bits per heavy atom. The standard InChI is InChI=1S/C19H23NO3S/c1-4-23-18-8-6-5-7-15(18)13-20-19(21)14(2)24-17-11-9-16(22-3)10-12-17/h5-12,14H,4,13H2,1-3H3,(H,20,21)/t14-/m1/s1. The van der Waals surface area contributed by atoms with Crippen molar-refractivity contribution in [1.29, 1.82) is 0 Å². The summed E-state index contributed by atoms with van der Waals surface area (Å²) in [5.41, 5.74) is 0.981. The summed E-state index contributed by atoms with van der Waals surface area (Å²) in [7, 11) is 1.64. The van der Waals surface area contributed by atoms with E-state index in [1.807, 2.05) is 62.4 Å². The van der Waals surface area contributed by atoms with Crippen LogP contribution in [0.5, 0.6) is 11.5 Å². The van der Waals surface area contributed by atoms with Crippen LogP contribution in [0.15, 0.2) is 53.4 Å². The zero-order valence-electron chi connectivity index (χ0n) is 14.2. The van der Waals surface area contributed by atoms with E-state index < -0.39 is 0 Å². The summed E-state index contributed by atoms with van der Waals surface area (Å²) in [4.78, 5) is 13.4. The predicted molar refractivity (Wildman–Crippen MR) is 97.8 cm³/mol. The number of benzene rings is 2. The van der Waals surface area contributed by atoms with E-state index >= 15 is 0 Å². The Morgan fingerprint density at radius 1 is 1.17 bits per heavy atom. The molecule has 1 atom stereocenters. The molecule has 2 rings (SSSR count). The summed E-state index contributed by atoms with van der Waals surface area (Å²) in [5.74, 6) is 1.63. The molecular weight excluding hydrogens is 322 g/mol. The lowest BCUT2D eigenvalue weighted by atomic mass is 10.2. The Labute approximate surface area is 147 Å². The van der Waals surface area contributed by atoms with Gasteiger partial charge in [0, 0.05) is 17.0 Å². The molecule has 0 fully saturated rings. The molecule has 0 aliphatic rings. The summed E-state index contributed by atoms with van der Waals surface area (Å²) in [6.07, 6.45) is 0. The third kappa shape index (κ3) is 5.20. The SMILES string of the molecule is CCOc1ccccc1CNC(=O)[C@@H](C)Sc1ccc(OC)cc1. The number of ether oxygens (including phenoxy) is 2. The van der Waals surface area contributed by atoms with Gasteiger partial charge in [-0.15, -0.1) is 11.8 Å². The van der Waals surface area contributed by atoms with Crippen LogP contribution in [-0.2, 0) is 11.3 Å². The van der Waals surface area contributed by atoms with Crippen LogP contribution in [0.25, 0.3) is 0 Å². The zero-order chi connectivity index (χ0) is 17.4. The summed E-state index contributed by atoms with van der Waals surface area (Å²) in [5, 5.41) is 2.79. The van der Waals surface area contributed by atoms with Gasteiger partial charge in [-0.05, 0) is 44.2 Å². The number of nitrogens with one attached hydrogen (secondary N) is 1. The lowest BCUT2D eigenvalue weighted by molar-refractivity contribution is -0.120. The highest BCUT2D eigenvalue weighted by Crippen LogP contribution is 2.25. The minimum Gasteiger partial charge on any atom is -0.497 e. The Balaban J connectivity index is 1.89. The number of thioether (sulfide) groups is 1. The number of hydrogen-bond acceptors (Lipinski definition) is 4. The summed E-state index contributed by atoms with van der Waals surface area (Å²) >= 11 is 1.52. The second-order valence-corrected chi connectivity index (χ2v) is 6.61. The molecule has 2 aromatic rings. The zero-order valence-corrected chi connectivity index (χ0v) is 15.1. The Bertz CT molecular complexity index is 658. The van der Waals surface area contributed by atoms with Gasteiger partial charge in [0.05, 0.1) is 19.0 Å². The second kappa shape index (κ2) is 9.23. The maximum atomic E-state index is 12.3. The van der Waals surface area contributed by atoms with E-state index in [1.165, 1.54) is 11.8 Å². The van der Waals surface area contributed by atoms with Gasteiger partial charge in [0.1, 0.15) is 11.5 Å². The first-order valence-electron chi connectivity index (χ1n) is 7.93. The highest BCUT2D eigenvalue weighted by Gasteiger charge is 2.15. The molecule has 5 heteroatoms. The fourth-order valence-corrected chi connectivity index (χ4v) is 3.08. The Morgan fingerprint density at radius 3 is 2.54 bits per heavy atom. The van der Waals surface area contributed by atoms with E-state index in [0.29, 0.717) is 13.2 Å². The molecular formula is C19H23NO3S. The van der Waals surface area contributed by atoms with Crippen LogP contribution in [0.2, 0.25) is 0 Å². The van der Waals surface area contributed by atoms with Gasteiger partial charge >= 0.3 is 0 Å². The molecule has 4 nitrogen and oxygen atoms in total. The monoisotopic (exact) mass is 345 g/mol. The number of amides is 1. The summed E-state index contributed by atoms with van der Waals surface area (Å²) in [6, 6.07) is 15.5. The van der Waals surface area contributed by atoms with Crippen molar-refractivity contribution >= 4 is 17.7 Å². The molecule has 0 aromatic heterocycles. The van der Waals surface area contributed by atoms with Crippen molar-refractivity contribution in [3.05, 3.63) is 54.1 Å². The molecule has 1 amide bonds. The molecule has 0 unspecified atom stereocenters. The van der Waals surface area contributed by atoms with Crippen molar-refractivity contribution in [2.75, 3.05) is 13.7 Å². The predicted octanol–water partition coefficient (Wildman–Crippen LogP) is 3.89. The summed E-state index contributed by atoms with van der Waals surface area (Å²) < 4.78 is 10.7. The van der Waals surface area contributed by atoms with Crippen molar-refractivity contribution in [1.82, 2.24) is 5.32 Å². The van der Waals surface area contributed by atoms with Crippen LogP contribution in [0.4, 0.5) is 0 Å². The smallest absolute Gasteiger partial charge is 0.233 e. The van der Waals surface area contributed by atoms with E-state index in [4.69, 9.17) is 9.47 Å². The molecule has 2 aromatic carbocycles. The van der Waals surface area contributed by atoms with Gasteiger partial charge in [0.15, 0.2) is 0 Å². The highest BCUT2D eigenvalue weighted by molar-refractivity contribution is 8.00. The maximum Gasteiger partial charge on any atom is 0.233 e. The first-order chi connectivity index (χ1) is 11.6. The van der Waals surface area contributed by atoms with Gasteiger partial charge in [0.2, 0.25) is 5.91 Å². The molecule has 24 heavy (non-hydrogen) atoms. The largest absolute Gasteiger partial charge is 0.497 e. The number of methoxy groups -OCH3 is 1. The second-order valence-electron chi connectivity index (χ2n) is 5.19. The third-order valence-corrected chi connectivity index (χ3v) is 4.58. The molecule has 128 valence electrons. The van der Waals surface area contributed by atoms with Crippen LogP contribution >= 0.6 is 11.8 Å². The average molecular weight is 345 g/mol. The van der Waals surface area contributed by atoms with E-state index in [-0.39, 0.29) is 11.2 Å². The Kier molecular flexibility index (Phi) is 7.00. The van der Waals surface area contributed by atoms with Crippen molar-refractivity contribution in [3.63, 3.8) is 0 Å². The van der Waals surface area contributed by atoms with Crippen LogP contribution in [0.3, 0.4) is 0 Å². The molecule has 0 bridgehead atoms. The van der Waals surface area contributed by atoms with Gasteiger partial charge < -0.3 is 14.8 Å². The van der Waals surface area contributed by atoms with Crippen LogP contribution < -0.4 is 14.8 Å². The van der Waals surface area contributed by atoms with E-state index in [9.17, 15) is 4.79 Å². The van der Waals surface area contributed by atoms with Gasteiger partial charge in [-0.3, -0.25) is 4.79 Å². The van der Waals surface area contributed by atoms with Crippen molar-refractivity contribution in [2.24, 2.45) is 0 Å². The number of carbonyl (C=O) groups is 1. The average Bonchev–Trinajstić information content (AvgIpc) is 2.61. The molecule has 0 aliphatic heterocycles. The van der Waals surface area contributed by atoms with Crippen LogP contribution in [0.1, 0.15) is 19.4 Å². The third-order valence-electron chi connectivity index (χ3n) is 3.47. The number of para-hydroxylation sites is 1. The van der Waals surface area contributed by atoms with E-state index in [2.05, 4.69) is 5.32 Å². The van der Waals surface area contributed by atoms with Gasteiger partial charge in [-0.25, -0.2) is 0 Å². The lowest BCUT2D eigenvalue weighted by Crippen LogP contribution is -2.30. The molecule has 0 aliphatic carbocycles. The normalized spacial score (nSPS) is 11.6. The maximum absolute atomic E-state index is 12.3. The van der Waals surface area contributed by atoms with Crippen LogP contribution in [0, 0.1) is 0 Å². The van der Waals surface area contributed by atoms with Gasteiger partial charge in [0.25, 0.3) is 0 Å². The highest BCUT2D eigenvalue weighted by atomic mass is 32.2. The van der Waals surface area contributed by atoms with Crippen molar-refractivity contribution < 1.29 is 14.3 Å². The first kappa shape index (κ1) is 18.2. The lowest BCUT2D eigenvalue weighted by Gasteiger charge is -2.14. The first-order valence-corrected chi connectivity index (χ1v) is 8.81. The molecule has 0 saturated carbocycles. The quantitative estimate of drug-likeness (QED) is 0.737. The van der Waals surface area contributed by atoms with Gasteiger partial charge in [-0.2, -0.15) is 0 Å². The number of rotatable bonds is 8. The van der Waals surface area contributed by atoms with Crippen LogP contribution in [-0.4, -0.2) is 24.9 Å². The summed E-state index contributed by atoms with van der Waals surface area (Å²) in [6.45, 7) is 4.92. The fraction of sp³-hybridized carbons (Fsp3) is 0.316. The Hall–Kier alpha value is -2.14. The molecule has 0 radical (unpaired) electrons. The van der Waals surface area contributed by atoms with E-state index in [1.54, 1.807) is 7.11 Å². The minimum atomic E-state index is -0.183. The fourth-order valence-electron chi connectivity index (χ4n) is 2.18.